The van der Waals surface area contributed by atoms with Gasteiger partial charge < -0.3 is 5.32 Å². The summed E-state index contributed by atoms with van der Waals surface area (Å²) in [5, 5.41) is 11.0. The van der Waals surface area contributed by atoms with Gasteiger partial charge in [-0.1, -0.05) is 43.3 Å². The van der Waals surface area contributed by atoms with Crippen molar-refractivity contribution in [3.05, 3.63) is 64.4 Å². The van der Waals surface area contributed by atoms with Crippen LogP contribution in [-0.4, -0.2) is 20.9 Å². The largest absolute Gasteiger partial charge is 0.324 e. The second kappa shape index (κ2) is 7.25. The van der Waals surface area contributed by atoms with Gasteiger partial charge in [0.2, 0.25) is 5.91 Å². The molecule has 1 atom stereocenters. The molecule has 0 saturated carbocycles. The molecule has 1 aromatic heterocycles. The molecule has 1 unspecified atom stereocenters. The monoisotopic (exact) mass is 336 g/mol. The summed E-state index contributed by atoms with van der Waals surface area (Å²) < 4.78 is 1.07. The van der Waals surface area contributed by atoms with E-state index in [1.54, 1.807) is 24.3 Å². The summed E-state index contributed by atoms with van der Waals surface area (Å²) in [5.41, 5.74) is 2.12. The predicted octanol–water partition coefficient (Wildman–Crippen LogP) is 2.94. The van der Waals surface area contributed by atoms with Crippen LogP contribution in [0.5, 0.6) is 0 Å². The Kier molecular flexibility index (Phi) is 4.88. The summed E-state index contributed by atoms with van der Waals surface area (Å²) in [5.74, 6) is 0.166. The van der Waals surface area contributed by atoms with Crippen molar-refractivity contribution in [3.63, 3.8) is 0 Å². The van der Waals surface area contributed by atoms with Crippen molar-refractivity contribution < 1.29 is 4.79 Å². The molecule has 3 rings (SSSR count). The molecular weight excluding hydrogens is 316 g/mol. The fourth-order valence-electron chi connectivity index (χ4n) is 2.59. The van der Waals surface area contributed by atoms with E-state index in [0.717, 1.165) is 11.1 Å². The lowest BCUT2D eigenvalue weighted by molar-refractivity contribution is -0.117. The van der Waals surface area contributed by atoms with E-state index in [1.165, 1.54) is 5.56 Å². The maximum absolute atomic E-state index is 12.3. The molecule has 2 aromatic carbocycles. The first-order chi connectivity index (χ1) is 12.1. The van der Waals surface area contributed by atoms with E-state index in [1.807, 2.05) is 24.3 Å². The number of anilines is 1. The third-order valence-corrected chi connectivity index (χ3v) is 4.30. The van der Waals surface area contributed by atoms with Gasteiger partial charge in [0.05, 0.1) is 5.39 Å². The lowest BCUT2D eigenvalue weighted by atomic mass is 9.99. The van der Waals surface area contributed by atoms with E-state index in [9.17, 15) is 9.59 Å². The number of hydrogen-bond donors (Lipinski definition) is 1. The molecule has 1 heterocycles. The van der Waals surface area contributed by atoms with Crippen LogP contribution in [0.15, 0.2) is 53.3 Å². The second-order valence-corrected chi connectivity index (χ2v) is 6.05. The highest BCUT2D eigenvalue weighted by molar-refractivity contribution is 5.90. The number of carbonyl (C=O) groups is 1. The number of benzene rings is 2. The first-order valence-electron chi connectivity index (χ1n) is 8.31. The smallest absolute Gasteiger partial charge is 0.278 e. The maximum Gasteiger partial charge on any atom is 0.278 e. The molecule has 128 valence electrons. The van der Waals surface area contributed by atoms with E-state index >= 15 is 0 Å². The van der Waals surface area contributed by atoms with E-state index < -0.39 is 0 Å². The van der Waals surface area contributed by atoms with Crippen LogP contribution in [0.1, 0.15) is 31.7 Å². The van der Waals surface area contributed by atoms with Crippen LogP contribution >= 0.6 is 0 Å². The normalized spacial score (nSPS) is 12.1. The zero-order valence-electron chi connectivity index (χ0n) is 14.3. The highest BCUT2D eigenvalue weighted by atomic mass is 16.2. The average molecular weight is 336 g/mol. The number of aromatic nitrogens is 3. The van der Waals surface area contributed by atoms with Gasteiger partial charge in [-0.25, -0.2) is 4.68 Å². The van der Waals surface area contributed by atoms with Gasteiger partial charge in [0.25, 0.3) is 5.56 Å². The minimum Gasteiger partial charge on any atom is -0.324 e. The van der Waals surface area contributed by atoms with Crippen LogP contribution in [-0.2, 0) is 11.3 Å². The number of hydrogen-bond acceptors (Lipinski definition) is 4. The molecule has 0 radical (unpaired) electrons. The molecule has 6 heteroatoms. The highest BCUT2D eigenvalue weighted by Crippen LogP contribution is 2.20. The summed E-state index contributed by atoms with van der Waals surface area (Å²) in [7, 11) is 0. The second-order valence-electron chi connectivity index (χ2n) is 6.05. The number of amides is 1. The first kappa shape index (κ1) is 16.8. The Balaban J connectivity index is 1.72. The molecule has 6 nitrogen and oxygen atoms in total. The van der Waals surface area contributed by atoms with Crippen LogP contribution in [0, 0.1) is 0 Å². The van der Waals surface area contributed by atoms with Crippen molar-refractivity contribution in [1.29, 1.82) is 0 Å². The summed E-state index contributed by atoms with van der Waals surface area (Å²) in [4.78, 5) is 24.6. The highest BCUT2D eigenvalue weighted by Gasteiger charge is 2.10. The fraction of sp³-hybridized carbons (Fsp3) is 0.263. The number of rotatable bonds is 5. The molecule has 0 spiro atoms. The number of nitrogens with zero attached hydrogens (tertiary/aromatic N) is 3. The van der Waals surface area contributed by atoms with E-state index in [2.05, 4.69) is 29.5 Å². The zero-order chi connectivity index (χ0) is 17.8. The van der Waals surface area contributed by atoms with Gasteiger partial charge in [-0.3, -0.25) is 9.59 Å². The van der Waals surface area contributed by atoms with E-state index in [-0.39, 0.29) is 18.0 Å². The number of carbonyl (C=O) groups excluding carboxylic acids is 1. The number of nitrogens with one attached hydrogen (secondary N) is 1. The third kappa shape index (κ3) is 3.74. The molecule has 0 fully saturated rings. The van der Waals surface area contributed by atoms with Crippen LogP contribution in [0.3, 0.4) is 0 Å². The predicted molar refractivity (Wildman–Crippen MR) is 97.6 cm³/mol. The molecule has 0 bridgehead atoms. The van der Waals surface area contributed by atoms with Gasteiger partial charge in [0, 0.05) is 5.69 Å². The Morgan fingerprint density at radius 2 is 1.88 bits per heavy atom. The molecule has 1 N–H and O–H groups in total. The summed E-state index contributed by atoms with van der Waals surface area (Å²) >= 11 is 0. The lowest BCUT2D eigenvalue weighted by Crippen LogP contribution is -2.30. The summed E-state index contributed by atoms with van der Waals surface area (Å²) in [6.07, 6.45) is 1.06. The Labute approximate surface area is 145 Å². The van der Waals surface area contributed by atoms with Crippen molar-refractivity contribution in [2.75, 3.05) is 5.32 Å². The lowest BCUT2D eigenvalue weighted by Gasteiger charge is -2.11. The molecule has 25 heavy (non-hydrogen) atoms. The minimum atomic E-state index is -0.326. The molecule has 0 aliphatic heterocycles. The fourth-order valence-corrected chi connectivity index (χ4v) is 2.59. The van der Waals surface area contributed by atoms with Crippen molar-refractivity contribution in [2.45, 2.75) is 32.7 Å². The summed E-state index contributed by atoms with van der Waals surface area (Å²) in [6.45, 7) is 4.13. The zero-order valence-corrected chi connectivity index (χ0v) is 14.3. The molecule has 3 aromatic rings. The van der Waals surface area contributed by atoms with Gasteiger partial charge >= 0.3 is 0 Å². The molecular formula is C19H20N4O2. The topological polar surface area (TPSA) is 76.9 Å². The van der Waals surface area contributed by atoms with Gasteiger partial charge in [-0.05, 0) is 42.2 Å². The van der Waals surface area contributed by atoms with Crippen LogP contribution in [0.25, 0.3) is 10.9 Å². The standard InChI is InChI=1S/C19H20N4O2/c1-3-13(2)14-8-10-15(11-9-14)20-18(24)12-23-19(25)16-6-4-5-7-17(16)21-22-23/h4-11,13H,3,12H2,1-2H3,(H,20,24). The van der Waals surface area contributed by atoms with Crippen molar-refractivity contribution >= 4 is 22.5 Å². The Hall–Kier alpha value is -3.02. The third-order valence-electron chi connectivity index (χ3n) is 4.30. The van der Waals surface area contributed by atoms with Gasteiger partial charge in [0.1, 0.15) is 12.1 Å². The van der Waals surface area contributed by atoms with Crippen molar-refractivity contribution in [2.24, 2.45) is 0 Å². The Bertz CT molecular complexity index is 948. The first-order valence-corrected chi connectivity index (χ1v) is 8.31. The average Bonchev–Trinajstić information content (AvgIpc) is 2.64. The number of fused-ring (bicyclic) bond motifs is 1. The van der Waals surface area contributed by atoms with Crippen LogP contribution in [0.2, 0.25) is 0 Å². The van der Waals surface area contributed by atoms with Crippen molar-refractivity contribution in [3.8, 4) is 0 Å². The Morgan fingerprint density at radius 1 is 1.16 bits per heavy atom. The molecule has 0 aliphatic carbocycles. The van der Waals surface area contributed by atoms with E-state index in [4.69, 9.17) is 0 Å². The van der Waals surface area contributed by atoms with Crippen LogP contribution < -0.4 is 10.9 Å². The SMILES string of the molecule is CCC(C)c1ccc(NC(=O)Cn2nnc3ccccc3c2=O)cc1. The van der Waals surface area contributed by atoms with Crippen LogP contribution in [0.4, 0.5) is 5.69 Å². The van der Waals surface area contributed by atoms with Gasteiger partial charge in [-0.2, -0.15) is 0 Å². The Morgan fingerprint density at radius 3 is 2.60 bits per heavy atom. The van der Waals surface area contributed by atoms with Crippen molar-refractivity contribution in [1.82, 2.24) is 15.0 Å². The molecule has 1 amide bonds. The van der Waals surface area contributed by atoms with Gasteiger partial charge in [0.15, 0.2) is 0 Å². The molecule has 0 saturated heterocycles. The van der Waals surface area contributed by atoms with E-state index in [0.29, 0.717) is 22.5 Å². The summed E-state index contributed by atoms with van der Waals surface area (Å²) in [6, 6.07) is 14.7. The molecule has 0 aliphatic rings. The minimum absolute atomic E-state index is 0.177. The van der Waals surface area contributed by atoms with Gasteiger partial charge in [-0.15, -0.1) is 5.10 Å². The quantitative estimate of drug-likeness (QED) is 0.777. The maximum atomic E-state index is 12.3.